The topological polar surface area (TPSA) is 110 Å². The van der Waals surface area contributed by atoms with Gasteiger partial charge in [-0.1, -0.05) is 17.7 Å². The summed E-state index contributed by atoms with van der Waals surface area (Å²) in [6.45, 7) is -0.235. The van der Waals surface area contributed by atoms with Crippen molar-refractivity contribution in [3.05, 3.63) is 133 Å². The quantitative estimate of drug-likeness (QED) is 0.334. The third-order valence-corrected chi connectivity index (χ3v) is 5.86. The van der Waals surface area contributed by atoms with Crippen LogP contribution in [0.15, 0.2) is 93.8 Å². The van der Waals surface area contributed by atoms with Crippen LogP contribution in [0.5, 0.6) is 5.75 Å². The Balaban J connectivity index is 1.64. The van der Waals surface area contributed by atoms with Gasteiger partial charge in [0.05, 0.1) is 17.4 Å². The molecule has 0 bridgehead atoms. The number of nitrogens with zero attached hydrogens (tertiary/aromatic N) is 2. The average Bonchev–Trinajstić information content (AvgIpc) is 2.89. The van der Waals surface area contributed by atoms with Gasteiger partial charge in [0.1, 0.15) is 6.61 Å². The Labute approximate surface area is 217 Å². The Hall–Kier alpha value is -4.83. The molecule has 3 heterocycles. The van der Waals surface area contributed by atoms with Crippen LogP contribution in [-0.2, 0) is 6.61 Å². The molecule has 11 heteroatoms. The number of ether oxygens (including phenoxy) is 1. The number of aromatic nitrogens is 4. The maximum atomic E-state index is 14.0. The molecule has 190 valence electrons. The second-order valence-corrected chi connectivity index (χ2v) is 8.64. The van der Waals surface area contributed by atoms with E-state index in [-0.39, 0.29) is 22.8 Å². The molecule has 5 rings (SSSR count). The van der Waals surface area contributed by atoms with Crippen LogP contribution in [0.25, 0.3) is 27.9 Å². The first-order chi connectivity index (χ1) is 18.3. The van der Waals surface area contributed by atoms with Gasteiger partial charge in [0.2, 0.25) is 0 Å². The zero-order valence-corrected chi connectivity index (χ0v) is 20.1. The summed E-state index contributed by atoms with van der Waals surface area (Å²) in [5, 5.41) is 0.245. The lowest BCUT2D eigenvalue weighted by Crippen LogP contribution is -2.24. The van der Waals surface area contributed by atoms with E-state index >= 15 is 0 Å². The van der Waals surface area contributed by atoms with E-state index in [2.05, 4.69) is 15.0 Å². The highest BCUT2D eigenvalue weighted by Crippen LogP contribution is 2.28. The fourth-order valence-electron chi connectivity index (χ4n) is 3.91. The fourth-order valence-corrected chi connectivity index (χ4v) is 4.17. The van der Waals surface area contributed by atoms with Gasteiger partial charge in [0, 0.05) is 34.7 Å². The van der Waals surface area contributed by atoms with Gasteiger partial charge in [-0.15, -0.1) is 0 Å². The molecule has 8 nitrogen and oxygen atoms in total. The van der Waals surface area contributed by atoms with Crippen LogP contribution in [0.2, 0.25) is 5.02 Å². The van der Waals surface area contributed by atoms with Crippen molar-refractivity contribution in [1.82, 2.24) is 19.5 Å². The van der Waals surface area contributed by atoms with Gasteiger partial charge in [-0.25, -0.2) is 13.6 Å². The minimum atomic E-state index is -0.856. The van der Waals surface area contributed by atoms with Crippen LogP contribution in [0.3, 0.4) is 0 Å². The van der Waals surface area contributed by atoms with Crippen molar-refractivity contribution in [1.29, 1.82) is 0 Å². The summed E-state index contributed by atoms with van der Waals surface area (Å²) in [4.78, 5) is 46.3. The van der Waals surface area contributed by atoms with E-state index in [9.17, 15) is 23.2 Å². The summed E-state index contributed by atoms with van der Waals surface area (Å²) in [6.07, 6.45) is 5.74. The highest BCUT2D eigenvalue weighted by molar-refractivity contribution is 6.31. The summed E-state index contributed by atoms with van der Waals surface area (Å²) in [5.74, 6) is -2.25. The first-order valence-corrected chi connectivity index (χ1v) is 11.5. The molecule has 0 saturated carbocycles. The SMILES string of the molecule is O=c1[nH]cc(-c2cc(-c3cc(Cl)cc(COc4c(F)cccc4F)c3)c(=O)n(-c3cccnc3)c2)c(=O)[nH]1. The Kier molecular flexibility index (Phi) is 6.71. The van der Waals surface area contributed by atoms with Crippen LogP contribution < -0.4 is 21.5 Å². The lowest BCUT2D eigenvalue weighted by molar-refractivity contribution is 0.274. The predicted octanol–water partition coefficient (Wildman–Crippen LogP) is 4.45. The van der Waals surface area contributed by atoms with E-state index in [0.717, 1.165) is 12.1 Å². The summed E-state index contributed by atoms with van der Waals surface area (Å²) < 4.78 is 34.7. The molecule has 0 unspecified atom stereocenters. The van der Waals surface area contributed by atoms with E-state index in [1.165, 1.54) is 35.3 Å². The van der Waals surface area contributed by atoms with Crippen molar-refractivity contribution in [3.8, 4) is 33.7 Å². The Morgan fingerprint density at radius 3 is 2.45 bits per heavy atom. The molecule has 0 saturated heterocycles. The third kappa shape index (κ3) is 5.02. The number of hydrogen-bond donors (Lipinski definition) is 2. The maximum Gasteiger partial charge on any atom is 0.325 e. The fraction of sp³-hybridized carbons (Fsp3) is 0.0370. The lowest BCUT2D eigenvalue weighted by Gasteiger charge is -2.14. The zero-order valence-electron chi connectivity index (χ0n) is 19.4. The smallest absolute Gasteiger partial charge is 0.325 e. The van der Waals surface area contributed by atoms with Gasteiger partial charge in [-0.2, -0.15) is 0 Å². The Morgan fingerprint density at radius 1 is 0.947 bits per heavy atom. The molecule has 0 spiro atoms. The molecule has 5 aromatic rings. The molecular formula is C27H17ClF2N4O4. The molecule has 2 aromatic carbocycles. The number of H-pyrrole nitrogens is 2. The number of rotatable bonds is 6. The number of pyridine rings is 2. The molecule has 0 aliphatic carbocycles. The average molecular weight is 535 g/mol. The number of aromatic amines is 2. The van der Waals surface area contributed by atoms with Crippen molar-refractivity contribution >= 4 is 11.6 Å². The third-order valence-electron chi connectivity index (χ3n) is 5.64. The van der Waals surface area contributed by atoms with Crippen molar-refractivity contribution in [2.45, 2.75) is 6.61 Å². The molecule has 2 N–H and O–H groups in total. The largest absolute Gasteiger partial charge is 0.483 e. The molecule has 0 aliphatic rings. The summed E-state index contributed by atoms with van der Waals surface area (Å²) in [7, 11) is 0. The summed E-state index contributed by atoms with van der Waals surface area (Å²) in [6, 6.07) is 12.9. The van der Waals surface area contributed by atoms with Crippen molar-refractivity contribution in [3.63, 3.8) is 0 Å². The zero-order chi connectivity index (χ0) is 26.8. The van der Waals surface area contributed by atoms with E-state index in [4.69, 9.17) is 16.3 Å². The van der Waals surface area contributed by atoms with Gasteiger partial charge >= 0.3 is 5.69 Å². The minimum Gasteiger partial charge on any atom is -0.483 e. The van der Waals surface area contributed by atoms with Crippen molar-refractivity contribution < 1.29 is 13.5 Å². The number of hydrogen-bond acceptors (Lipinski definition) is 5. The second-order valence-electron chi connectivity index (χ2n) is 8.20. The van der Waals surface area contributed by atoms with Gasteiger partial charge in [-0.05, 0) is 59.7 Å². The first kappa shape index (κ1) is 24.8. The molecule has 0 radical (unpaired) electrons. The van der Waals surface area contributed by atoms with E-state index < -0.39 is 34.2 Å². The summed E-state index contributed by atoms with van der Waals surface area (Å²) >= 11 is 6.34. The second kappa shape index (κ2) is 10.3. The van der Waals surface area contributed by atoms with Crippen LogP contribution >= 0.6 is 11.6 Å². The lowest BCUT2D eigenvalue weighted by atomic mass is 10.0. The number of nitrogens with one attached hydrogen (secondary N) is 2. The standard InChI is InChI=1S/C27H17ClF2N4O4/c28-18-8-15(14-38-24-22(29)4-1-5-23(24)30)7-16(9-18)20-10-17(21-12-32-27(37)33-25(21)35)13-34(26(20)36)19-3-2-6-31-11-19/h1-13H,14H2,(H2,32,33,35,37). The first-order valence-electron chi connectivity index (χ1n) is 11.2. The van der Waals surface area contributed by atoms with Crippen LogP contribution in [0.1, 0.15) is 5.56 Å². The highest BCUT2D eigenvalue weighted by atomic mass is 35.5. The number of benzene rings is 2. The normalized spacial score (nSPS) is 10.9. The molecule has 38 heavy (non-hydrogen) atoms. The van der Waals surface area contributed by atoms with Crippen LogP contribution in [0, 0.1) is 11.6 Å². The molecule has 3 aromatic heterocycles. The van der Waals surface area contributed by atoms with Crippen LogP contribution in [-0.4, -0.2) is 19.5 Å². The molecule has 0 atom stereocenters. The van der Waals surface area contributed by atoms with E-state index in [1.807, 2.05) is 0 Å². The van der Waals surface area contributed by atoms with Gasteiger partial charge in [0.25, 0.3) is 11.1 Å². The predicted molar refractivity (Wildman–Crippen MR) is 138 cm³/mol. The molecular weight excluding hydrogens is 518 g/mol. The minimum absolute atomic E-state index is 0.115. The monoisotopic (exact) mass is 534 g/mol. The van der Waals surface area contributed by atoms with E-state index in [1.54, 1.807) is 36.5 Å². The number of para-hydroxylation sites is 1. The molecule has 0 aliphatic heterocycles. The highest BCUT2D eigenvalue weighted by Gasteiger charge is 2.16. The molecule has 0 amide bonds. The van der Waals surface area contributed by atoms with E-state index in [0.29, 0.717) is 22.4 Å². The van der Waals surface area contributed by atoms with Gasteiger partial charge in [0.15, 0.2) is 17.4 Å². The van der Waals surface area contributed by atoms with Crippen molar-refractivity contribution in [2.75, 3.05) is 0 Å². The number of halogens is 3. The Morgan fingerprint density at radius 2 is 1.74 bits per heavy atom. The van der Waals surface area contributed by atoms with Crippen LogP contribution in [0.4, 0.5) is 8.78 Å². The van der Waals surface area contributed by atoms with Crippen molar-refractivity contribution in [2.24, 2.45) is 0 Å². The summed E-state index contributed by atoms with van der Waals surface area (Å²) in [5.41, 5.74) is 0.0757. The Bertz CT molecular complexity index is 1810. The van der Waals surface area contributed by atoms with Gasteiger partial charge < -0.3 is 9.72 Å². The molecule has 0 fully saturated rings. The maximum absolute atomic E-state index is 14.0. The van der Waals surface area contributed by atoms with Gasteiger partial charge in [-0.3, -0.25) is 24.1 Å².